The molecule has 0 aromatic heterocycles. The van der Waals surface area contributed by atoms with Crippen LogP contribution in [0, 0.1) is 6.92 Å². The van der Waals surface area contributed by atoms with E-state index >= 15 is 0 Å². The predicted molar refractivity (Wildman–Crippen MR) is 167 cm³/mol. The highest BCUT2D eigenvalue weighted by molar-refractivity contribution is 7.93. The maximum absolute atomic E-state index is 14.0. The van der Waals surface area contributed by atoms with Gasteiger partial charge in [0.15, 0.2) is 0 Å². The van der Waals surface area contributed by atoms with E-state index in [4.69, 9.17) is 21.1 Å². The van der Waals surface area contributed by atoms with Crippen molar-refractivity contribution in [3.8, 4) is 11.5 Å². The zero-order valence-electron chi connectivity index (χ0n) is 23.8. The van der Waals surface area contributed by atoms with Gasteiger partial charge >= 0.3 is 0 Å². The van der Waals surface area contributed by atoms with Gasteiger partial charge in [0.25, 0.3) is 15.9 Å². The second kappa shape index (κ2) is 12.4. The molecule has 1 N–H and O–H groups in total. The number of aryl methyl sites for hydroxylation is 1. The minimum atomic E-state index is -4.24. The van der Waals surface area contributed by atoms with Crippen LogP contribution in [0.3, 0.4) is 0 Å². The van der Waals surface area contributed by atoms with Gasteiger partial charge in [-0.1, -0.05) is 23.7 Å². The largest absolute Gasteiger partial charge is 0.497 e. The lowest BCUT2D eigenvalue weighted by Crippen LogP contribution is -2.38. The van der Waals surface area contributed by atoms with Crippen molar-refractivity contribution in [3.63, 3.8) is 0 Å². The molecular formula is C32H30ClN3O6S. The summed E-state index contributed by atoms with van der Waals surface area (Å²) in [4.78, 5) is 28.3. The van der Waals surface area contributed by atoms with Gasteiger partial charge in [-0.2, -0.15) is 0 Å². The summed E-state index contributed by atoms with van der Waals surface area (Å²) in [6.07, 6.45) is 0.673. The lowest BCUT2D eigenvalue weighted by atomic mass is 10.1. The van der Waals surface area contributed by atoms with E-state index in [2.05, 4.69) is 5.32 Å². The first-order valence-corrected chi connectivity index (χ1v) is 15.2. The molecule has 0 saturated carbocycles. The molecule has 1 aliphatic rings. The van der Waals surface area contributed by atoms with Gasteiger partial charge in [0.1, 0.15) is 22.9 Å². The summed E-state index contributed by atoms with van der Waals surface area (Å²) in [5.41, 5.74) is 3.57. The molecule has 4 aromatic rings. The Morgan fingerprint density at radius 1 is 0.930 bits per heavy atom. The number of nitrogens with one attached hydrogen (secondary N) is 1. The fraction of sp³-hybridized carbons (Fsp3) is 0.188. The standard InChI is InChI=1S/C32H30ClN3O6S/c1-21-4-15-29(42-3)30(18-21)43(39,40)36(26-11-8-24(33)9-12-26)20-31(37)34-25-10-5-22-16-17-35(28(22)19-25)32(38)23-6-13-27(41-2)14-7-23/h4-15,18-19H,16-17,20H2,1-3H3,(H,34,37). The zero-order chi connectivity index (χ0) is 30.7. The van der Waals surface area contributed by atoms with Gasteiger partial charge in [0.2, 0.25) is 5.91 Å². The molecule has 11 heteroatoms. The quantitative estimate of drug-likeness (QED) is 0.258. The SMILES string of the molecule is COc1ccc(C(=O)N2CCc3ccc(NC(=O)CN(c4ccc(Cl)cc4)S(=O)(=O)c4cc(C)ccc4OC)cc32)cc1. The van der Waals surface area contributed by atoms with Crippen LogP contribution in [0.2, 0.25) is 5.02 Å². The molecule has 0 spiro atoms. The van der Waals surface area contributed by atoms with Crippen molar-refractivity contribution in [3.05, 3.63) is 107 Å². The Kier molecular flexibility index (Phi) is 8.61. The van der Waals surface area contributed by atoms with Crippen LogP contribution in [0.25, 0.3) is 0 Å². The van der Waals surface area contributed by atoms with Gasteiger partial charge < -0.3 is 19.7 Å². The number of hydrogen-bond donors (Lipinski definition) is 1. The van der Waals surface area contributed by atoms with Crippen molar-refractivity contribution in [2.45, 2.75) is 18.2 Å². The molecule has 9 nitrogen and oxygen atoms in total. The molecule has 0 saturated heterocycles. The zero-order valence-corrected chi connectivity index (χ0v) is 25.4. The summed E-state index contributed by atoms with van der Waals surface area (Å²) in [5, 5.41) is 3.23. The van der Waals surface area contributed by atoms with E-state index in [1.807, 2.05) is 6.07 Å². The summed E-state index contributed by atoms with van der Waals surface area (Å²) >= 11 is 6.06. The first kappa shape index (κ1) is 29.9. The van der Waals surface area contributed by atoms with Crippen molar-refractivity contribution in [1.82, 2.24) is 0 Å². The van der Waals surface area contributed by atoms with E-state index in [1.165, 1.54) is 25.3 Å². The van der Waals surface area contributed by atoms with Crippen molar-refractivity contribution >= 4 is 50.5 Å². The van der Waals surface area contributed by atoms with E-state index in [9.17, 15) is 18.0 Å². The number of methoxy groups -OCH3 is 2. The maximum atomic E-state index is 14.0. The van der Waals surface area contributed by atoms with Gasteiger partial charge in [-0.15, -0.1) is 0 Å². The summed E-state index contributed by atoms with van der Waals surface area (Å²) in [6.45, 7) is 1.75. The third kappa shape index (κ3) is 6.30. The molecular weight excluding hydrogens is 590 g/mol. The van der Waals surface area contributed by atoms with Crippen molar-refractivity contribution < 1.29 is 27.5 Å². The topological polar surface area (TPSA) is 105 Å². The van der Waals surface area contributed by atoms with Gasteiger partial charge in [0, 0.05) is 28.5 Å². The highest BCUT2D eigenvalue weighted by Gasteiger charge is 2.31. The number of halogens is 1. The summed E-state index contributed by atoms with van der Waals surface area (Å²) in [6, 6.07) is 23.2. The Labute approximate surface area is 255 Å². The average Bonchev–Trinajstić information content (AvgIpc) is 3.43. The number of hydrogen-bond acceptors (Lipinski definition) is 6. The van der Waals surface area contributed by atoms with E-state index in [0.717, 1.165) is 9.87 Å². The molecule has 0 radical (unpaired) electrons. The molecule has 0 atom stereocenters. The first-order valence-electron chi connectivity index (χ1n) is 13.4. The molecule has 43 heavy (non-hydrogen) atoms. The van der Waals surface area contributed by atoms with E-state index < -0.39 is 22.5 Å². The summed E-state index contributed by atoms with van der Waals surface area (Å²) in [5.74, 6) is 0.0668. The fourth-order valence-corrected chi connectivity index (χ4v) is 6.71. The second-order valence-electron chi connectivity index (χ2n) is 9.97. The Balaban J connectivity index is 1.41. The van der Waals surface area contributed by atoms with Crippen LogP contribution in [0.1, 0.15) is 21.5 Å². The third-order valence-electron chi connectivity index (χ3n) is 7.14. The molecule has 0 bridgehead atoms. The number of rotatable bonds is 9. The number of nitrogens with zero attached hydrogens (tertiary/aromatic N) is 2. The van der Waals surface area contributed by atoms with E-state index in [-0.39, 0.29) is 22.2 Å². The monoisotopic (exact) mass is 619 g/mol. The molecule has 4 aromatic carbocycles. The lowest BCUT2D eigenvalue weighted by molar-refractivity contribution is -0.114. The Morgan fingerprint density at radius 3 is 2.33 bits per heavy atom. The van der Waals surface area contributed by atoms with Crippen molar-refractivity contribution in [2.75, 3.05) is 41.8 Å². The van der Waals surface area contributed by atoms with Gasteiger partial charge in [-0.05, 0) is 97.3 Å². The summed E-state index contributed by atoms with van der Waals surface area (Å²) < 4.78 is 39.5. The molecule has 1 heterocycles. The van der Waals surface area contributed by atoms with Crippen LogP contribution in [0.5, 0.6) is 11.5 Å². The molecule has 0 aliphatic carbocycles. The number of carbonyl (C=O) groups is 2. The number of benzene rings is 4. The minimum Gasteiger partial charge on any atom is -0.497 e. The minimum absolute atomic E-state index is 0.0667. The maximum Gasteiger partial charge on any atom is 0.268 e. The van der Waals surface area contributed by atoms with E-state index in [0.29, 0.717) is 46.2 Å². The van der Waals surface area contributed by atoms with Gasteiger partial charge in [-0.3, -0.25) is 13.9 Å². The summed E-state index contributed by atoms with van der Waals surface area (Å²) in [7, 11) is -1.29. The van der Waals surface area contributed by atoms with Crippen LogP contribution >= 0.6 is 11.6 Å². The van der Waals surface area contributed by atoms with Crippen LogP contribution in [-0.4, -0.2) is 47.5 Å². The smallest absolute Gasteiger partial charge is 0.268 e. The molecule has 2 amide bonds. The number of carbonyl (C=O) groups excluding carboxylic acids is 2. The highest BCUT2D eigenvalue weighted by Crippen LogP contribution is 2.34. The Morgan fingerprint density at radius 2 is 1.65 bits per heavy atom. The Hall–Kier alpha value is -4.54. The average molecular weight is 620 g/mol. The fourth-order valence-electron chi connectivity index (χ4n) is 4.91. The van der Waals surface area contributed by atoms with Crippen LogP contribution in [0.4, 0.5) is 17.1 Å². The van der Waals surface area contributed by atoms with Gasteiger partial charge in [-0.25, -0.2) is 8.42 Å². The number of fused-ring (bicyclic) bond motifs is 1. The van der Waals surface area contributed by atoms with Crippen LogP contribution in [-0.2, 0) is 21.2 Å². The number of ether oxygens (including phenoxy) is 2. The van der Waals surface area contributed by atoms with Crippen LogP contribution < -0.4 is 24.0 Å². The third-order valence-corrected chi connectivity index (χ3v) is 9.18. The molecule has 0 unspecified atom stereocenters. The number of anilines is 3. The molecule has 1 aliphatic heterocycles. The van der Waals surface area contributed by atoms with Crippen molar-refractivity contribution in [1.29, 1.82) is 0 Å². The Bertz CT molecular complexity index is 1780. The lowest BCUT2D eigenvalue weighted by Gasteiger charge is -2.25. The normalized spacial score (nSPS) is 12.4. The number of amides is 2. The highest BCUT2D eigenvalue weighted by atomic mass is 35.5. The van der Waals surface area contributed by atoms with Crippen molar-refractivity contribution in [2.24, 2.45) is 0 Å². The molecule has 222 valence electrons. The number of sulfonamides is 1. The second-order valence-corrected chi connectivity index (χ2v) is 12.2. The van der Waals surface area contributed by atoms with E-state index in [1.54, 1.807) is 79.6 Å². The first-order chi connectivity index (χ1) is 20.6. The van der Waals surface area contributed by atoms with Gasteiger partial charge in [0.05, 0.1) is 19.9 Å². The predicted octanol–water partition coefficient (Wildman–Crippen LogP) is 5.70. The molecule has 0 fully saturated rings. The van der Waals surface area contributed by atoms with Crippen LogP contribution in [0.15, 0.2) is 89.8 Å². The molecule has 5 rings (SSSR count).